The van der Waals surface area contributed by atoms with Crippen LogP contribution in [0.25, 0.3) is 0 Å². The molecule has 0 unspecified atom stereocenters. The fraction of sp³-hybridized carbons (Fsp3) is 0.312. The van der Waals surface area contributed by atoms with Crippen LogP contribution in [0.2, 0.25) is 0 Å². The minimum atomic E-state index is -0.306. The van der Waals surface area contributed by atoms with Gasteiger partial charge in [0.1, 0.15) is 11.5 Å². The Bertz CT molecular complexity index is 618. The van der Waals surface area contributed by atoms with E-state index in [0.29, 0.717) is 24.5 Å². The van der Waals surface area contributed by atoms with E-state index in [1.807, 2.05) is 31.2 Å². The molecule has 0 aliphatic carbocycles. The average Bonchev–Trinajstić information content (AvgIpc) is 2.87. The highest BCUT2D eigenvalue weighted by Crippen LogP contribution is 2.15. The van der Waals surface area contributed by atoms with E-state index in [0.717, 1.165) is 11.3 Å². The molecule has 0 spiro atoms. The van der Waals surface area contributed by atoms with Crippen LogP contribution in [-0.2, 0) is 13.2 Å². The summed E-state index contributed by atoms with van der Waals surface area (Å²) >= 11 is 0. The van der Waals surface area contributed by atoms with E-state index in [-0.39, 0.29) is 18.3 Å². The fourth-order valence-electron chi connectivity index (χ4n) is 1.97. The minimum absolute atomic E-state index is 0.140. The number of amides is 1. The van der Waals surface area contributed by atoms with E-state index in [1.54, 1.807) is 13.0 Å². The molecule has 0 saturated heterocycles. The lowest BCUT2D eigenvalue weighted by molar-refractivity contribution is 0.0922. The molecule has 1 aromatic heterocycles. The van der Waals surface area contributed by atoms with Gasteiger partial charge in [-0.25, -0.2) is 0 Å². The zero-order valence-corrected chi connectivity index (χ0v) is 12.2. The maximum absolute atomic E-state index is 12.0. The first-order chi connectivity index (χ1) is 10.1. The number of carbonyl (C=O) groups is 1. The van der Waals surface area contributed by atoms with Gasteiger partial charge in [0.2, 0.25) is 0 Å². The van der Waals surface area contributed by atoms with Crippen molar-refractivity contribution in [1.29, 1.82) is 0 Å². The lowest BCUT2D eigenvalue weighted by atomic mass is 10.2. The maximum atomic E-state index is 12.0. The van der Waals surface area contributed by atoms with Crippen LogP contribution in [0.5, 0.6) is 5.75 Å². The molecule has 1 aromatic carbocycles. The predicted octanol–water partition coefficient (Wildman–Crippen LogP) is 2.41. The number of hydrogen-bond donors (Lipinski definition) is 2. The minimum Gasteiger partial charge on any atom is -0.494 e. The maximum Gasteiger partial charge on any atom is 0.287 e. The summed E-state index contributed by atoms with van der Waals surface area (Å²) < 4.78 is 10.7. The topological polar surface area (TPSA) is 71.7 Å². The third-order valence-corrected chi connectivity index (χ3v) is 3.08. The van der Waals surface area contributed by atoms with E-state index >= 15 is 0 Å². The Balaban J connectivity index is 1.98. The number of rotatable bonds is 6. The molecule has 0 fully saturated rings. The van der Waals surface area contributed by atoms with Crippen molar-refractivity contribution in [2.24, 2.45) is 0 Å². The molecule has 0 aliphatic heterocycles. The Morgan fingerprint density at radius 3 is 2.86 bits per heavy atom. The summed E-state index contributed by atoms with van der Waals surface area (Å²) in [6, 6.07) is 9.11. The second-order valence-electron chi connectivity index (χ2n) is 4.61. The van der Waals surface area contributed by atoms with Crippen LogP contribution < -0.4 is 10.1 Å². The average molecular weight is 289 g/mol. The summed E-state index contributed by atoms with van der Waals surface area (Å²) in [7, 11) is 0. The Morgan fingerprint density at radius 2 is 2.19 bits per heavy atom. The van der Waals surface area contributed by atoms with Gasteiger partial charge in [0, 0.05) is 12.1 Å². The molecule has 2 N–H and O–H groups in total. The Hall–Kier alpha value is -2.27. The van der Waals surface area contributed by atoms with Gasteiger partial charge in [0.25, 0.3) is 5.91 Å². The first-order valence-corrected chi connectivity index (χ1v) is 6.84. The number of hydrogen-bond acceptors (Lipinski definition) is 4. The SMILES string of the molecule is CCOc1cccc(CNC(=O)c2cc(CO)c(C)o2)c1. The van der Waals surface area contributed by atoms with Crippen molar-refractivity contribution in [2.45, 2.75) is 27.0 Å². The molecule has 21 heavy (non-hydrogen) atoms. The van der Waals surface area contributed by atoms with Crippen LogP contribution in [0.1, 0.15) is 34.4 Å². The van der Waals surface area contributed by atoms with E-state index in [4.69, 9.17) is 14.3 Å². The van der Waals surface area contributed by atoms with E-state index in [2.05, 4.69) is 5.32 Å². The van der Waals surface area contributed by atoms with Gasteiger partial charge in [-0.05, 0) is 37.6 Å². The number of furan rings is 1. The van der Waals surface area contributed by atoms with Gasteiger partial charge in [-0.1, -0.05) is 12.1 Å². The number of benzene rings is 1. The molecule has 0 bridgehead atoms. The van der Waals surface area contributed by atoms with Crippen molar-refractivity contribution < 1.29 is 19.1 Å². The molecule has 5 nitrogen and oxygen atoms in total. The number of aryl methyl sites for hydroxylation is 1. The first kappa shape index (κ1) is 15.1. The lowest BCUT2D eigenvalue weighted by Crippen LogP contribution is -2.22. The van der Waals surface area contributed by atoms with Crippen LogP contribution in [0.4, 0.5) is 0 Å². The molecule has 0 saturated carbocycles. The summed E-state index contributed by atoms with van der Waals surface area (Å²) in [5.74, 6) is 1.23. The van der Waals surface area contributed by atoms with Crippen LogP contribution in [0.15, 0.2) is 34.7 Å². The number of nitrogens with one attached hydrogen (secondary N) is 1. The lowest BCUT2D eigenvalue weighted by Gasteiger charge is -2.07. The van der Waals surface area contributed by atoms with Crippen LogP contribution in [0, 0.1) is 6.92 Å². The number of aliphatic hydroxyl groups excluding tert-OH is 1. The van der Waals surface area contributed by atoms with Crippen LogP contribution in [-0.4, -0.2) is 17.6 Å². The summed E-state index contributed by atoms with van der Waals surface area (Å²) in [4.78, 5) is 12.0. The van der Waals surface area contributed by atoms with Crippen molar-refractivity contribution in [3.63, 3.8) is 0 Å². The zero-order chi connectivity index (χ0) is 15.2. The smallest absolute Gasteiger partial charge is 0.287 e. The monoisotopic (exact) mass is 289 g/mol. The van der Waals surface area contributed by atoms with Crippen molar-refractivity contribution in [1.82, 2.24) is 5.32 Å². The second-order valence-corrected chi connectivity index (χ2v) is 4.61. The summed E-state index contributed by atoms with van der Waals surface area (Å²) in [5, 5.41) is 11.9. The van der Waals surface area contributed by atoms with Crippen molar-refractivity contribution in [3.8, 4) is 5.75 Å². The largest absolute Gasteiger partial charge is 0.494 e. The molecule has 1 heterocycles. The molecule has 5 heteroatoms. The fourth-order valence-corrected chi connectivity index (χ4v) is 1.97. The highest BCUT2D eigenvalue weighted by molar-refractivity contribution is 5.91. The van der Waals surface area contributed by atoms with Crippen molar-refractivity contribution in [2.75, 3.05) is 6.61 Å². The summed E-state index contributed by atoms with van der Waals surface area (Å²) in [6.07, 6.45) is 0. The first-order valence-electron chi connectivity index (χ1n) is 6.84. The number of ether oxygens (including phenoxy) is 1. The molecular formula is C16H19NO4. The highest BCUT2D eigenvalue weighted by atomic mass is 16.5. The quantitative estimate of drug-likeness (QED) is 0.856. The summed E-state index contributed by atoms with van der Waals surface area (Å²) in [6.45, 7) is 4.48. The molecule has 0 aliphatic rings. The molecule has 1 amide bonds. The van der Waals surface area contributed by atoms with Crippen molar-refractivity contribution >= 4 is 5.91 Å². The zero-order valence-electron chi connectivity index (χ0n) is 12.2. The Labute approximate surface area is 123 Å². The van der Waals surface area contributed by atoms with E-state index in [9.17, 15) is 4.79 Å². The molecule has 2 rings (SSSR count). The van der Waals surface area contributed by atoms with Gasteiger partial charge in [-0.15, -0.1) is 0 Å². The number of carbonyl (C=O) groups excluding carboxylic acids is 1. The van der Waals surface area contributed by atoms with Gasteiger partial charge >= 0.3 is 0 Å². The van der Waals surface area contributed by atoms with E-state index in [1.165, 1.54) is 0 Å². The van der Waals surface area contributed by atoms with Crippen LogP contribution >= 0.6 is 0 Å². The molecule has 112 valence electrons. The van der Waals surface area contributed by atoms with Gasteiger partial charge in [-0.2, -0.15) is 0 Å². The third kappa shape index (κ3) is 3.86. The van der Waals surface area contributed by atoms with Gasteiger partial charge in [0.05, 0.1) is 13.2 Å². The van der Waals surface area contributed by atoms with Gasteiger partial charge in [-0.3, -0.25) is 4.79 Å². The van der Waals surface area contributed by atoms with Crippen LogP contribution in [0.3, 0.4) is 0 Å². The molecular weight excluding hydrogens is 270 g/mol. The summed E-state index contributed by atoms with van der Waals surface area (Å²) in [5.41, 5.74) is 1.57. The Kier molecular flexibility index (Phi) is 5.00. The third-order valence-electron chi connectivity index (χ3n) is 3.08. The molecule has 0 atom stereocenters. The highest BCUT2D eigenvalue weighted by Gasteiger charge is 2.13. The Morgan fingerprint density at radius 1 is 1.38 bits per heavy atom. The van der Waals surface area contributed by atoms with Gasteiger partial charge in [0.15, 0.2) is 5.76 Å². The number of aliphatic hydroxyl groups is 1. The molecule has 0 radical (unpaired) electrons. The molecule has 2 aromatic rings. The van der Waals surface area contributed by atoms with Gasteiger partial charge < -0.3 is 19.6 Å². The normalized spacial score (nSPS) is 10.4. The standard InChI is InChI=1S/C16H19NO4/c1-3-20-14-6-4-5-12(7-14)9-17-16(19)15-8-13(10-18)11(2)21-15/h4-8,18H,3,9-10H2,1-2H3,(H,17,19). The second kappa shape index (κ2) is 6.95. The van der Waals surface area contributed by atoms with E-state index < -0.39 is 0 Å². The predicted molar refractivity (Wildman–Crippen MR) is 78.1 cm³/mol. The van der Waals surface area contributed by atoms with Crippen molar-refractivity contribution in [3.05, 3.63) is 53.0 Å².